The SMILES string of the molecule is CC(C)n1nc(-c2ccnc(C(F)(F)F)n2)cc1C1[C@H]2CC(N3CCOC[C@@H]3C)C[C@@H]12. The summed E-state index contributed by atoms with van der Waals surface area (Å²) in [5.74, 6) is 0.549. The molecule has 0 amide bonds. The lowest BCUT2D eigenvalue weighted by atomic mass is 10.0. The summed E-state index contributed by atoms with van der Waals surface area (Å²) in [5, 5.41) is 4.64. The van der Waals surface area contributed by atoms with E-state index in [1.807, 2.05) is 10.7 Å². The quantitative estimate of drug-likeness (QED) is 0.722. The maximum Gasteiger partial charge on any atom is 0.451 e. The fraction of sp³-hybridized carbons (Fsp3) is 0.682. The molecule has 3 aliphatic rings. The van der Waals surface area contributed by atoms with Gasteiger partial charge in [0.25, 0.3) is 0 Å². The van der Waals surface area contributed by atoms with E-state index in [9.17, 15) is 13.2 Å². The van der Waals surface area contributed by atoms with Crippen LogP contribution in [0.1, 0.15) is 57.1 Å². The number of alkyl halides is 3. The van der Waals surface area contributed by atoms with Crippen LogP contribution in [0.5, 0.6) is 0 Å². The number of morpholine rings is 1. The molecule has 0 radical (unpaired) electrons. The molecular formula is C22H28F3N5O. The van der Waals surface area contributed by atoms with Crippen LogP contribution in [-0.4, -0.2) is 56.5 Å². The van der Waals surface area contributed by atoms with Crippen molar-refractivity contribution in [3.8, 4) is 11.4 Å². The number of ether oxygens (including phenoxy) is 1. The zero-order valence-corrected chi connectivity index (χ0v) is 18.0. The maximum absolute atomic E-state index is 13.0. The molecule has 168 valence electrons. The second-order valence-electron chi connectivity index (χ2n) is 9.40. The molecule has 2 unspecified atom stereocenters. The first kappa shape index (κ1) is 20.9. The first-order valence-corrected chi connectivity index (χ1v) is 11.1. The lowest BCUT2D eigenvalue weighted by Gasteiger charge is -2.38. The number of hydrogen-bond acceptors (Lipinski definition) is 5. The van der Waals surface area contributed by atoms with E-state index in [-0.39, 0.29) is 11.7 Å². The highest BCUT2D eigenvalue weighted by Crippen LogP contribution is 2.64. The summed E-state index contributed by atoms with van der Waals surface area (Å²) >= 11 is 0. The molecule has 9 heteroatoms. The molecule has 5 rings (SSSR count). The third-order valence-electron chi connectivity index (χ3n) is 7.07. The van der Waals surface area contributed by atoms with Gasteiger partial charge in [-0.2, -0.15) is 18.3 Å². The molecule has 5 atom stereocenters. The standard InChI is InChI=1S/C22H28F3N5O/c1-12(2)30-19(10-18(28-30)17-4-5-26-21(27-17)22(23,24)25)20-15-8-14(9-16(15)20)29-6-7-31-11-13(29)3/h4-5,10,12-16,20H,6-9,11H2,1-3H3/t13-,14?,15-,16+,20?/m0/s1. The fourth-order valence-electron chi connectivity index (χ4n) is 5.64. The summed E-state index contributed by atoms with van der Waals surface area (Å²) in [7, 11) is 0. The monoisotopic (exact) mass is 435 g/mol. The van der Waals surface area contributed by atoms with Gasteiger partial charge in [0.05, 0.1) is 18.9 Å². The molecule has 2 saturated carbocycles. The van der Waals surface area contributed by atoms with Crippen LogP contribution in [0.15, 0.2) is 18.3 Å². The molecule has 31 heavy (non-hydrogen) atoms. The summed E-state index contributed by atoms with van der Waals surface area (Å²) in [4.78, 5) is 9.69. The molecule has 2 aliphatic carbocycles. The summed E-state index contributed by atoms with van der Waals surface area (Å²) in [6.07, 6.45) is -1.08. The zero-order chi connectivity index (χ0) is 21.9. The number of hydrogen-bond donors (Lipinski definition) is 0. The molecule has 2 aromatic rings. The predicted molar refractivity (Wildman–Crippen MR) is 108 cm³/mol. The van der Waals surface area contributed by atoms with E-state index in [0.717, 1.165) is 31.6 Å². The van der Waals surface area contributed by atoms with Crippen molar-refractivity contribution in [1.29, 1.82) is 0 Å². The van der Waals surface area contributed by atoms with Crippen molar-refractivity contribution >= 4 is 0 Å². The Morgan fingerprint density at radius 3 is 2.55 bits per heavy atom. The first-order valence-electron chi connectivity index (χ1n) is 11.1. The summed E-state index contributed by atoms with van der Waals surface area (Å²) in [6.45, 7) is 8.95. The lowest BCUT2D eigenvalue weighted by Crippen LogP contribution is -2.49. The van der Waals surface area contributed by atoms with Gasteiger partial charge < -0.3 is 4.74 Å². The highest BCUT2D eigenvalue weighted by atomic mass is 19.4. The molecule has 6 nitrogen and oxygen atoms in total. The summed E-state index contributed by atoms with van der Waals surface area (Å²) in [6, 6.07) is 4.64. The van der Waals surface area contributed by atoms with E-state index in [1.54, 1.807) is 0 Å². The van der Waals surface area contributed by atoms with Gasteiger partial charge in [0.1, 0.15) is 5.69 Å². The van der Waals surface area contributed by atoms with Gasteiger partial charge in [-0.3, -0.25) is 9.58 Å². The van der Waals surface area contributed by atoms with Crippen molar-refractivity contribution in [2.75, 3.05) is 19.8 Å². The van der Waals surface area contributed by atoms with E-state index in [4.69, 9.17) is 4.74 Å². The van der Waals surface area contributed by atoms with Crippen LogP contribution < -0.4 is 0 Å². The minimum atomic E-state index is -4.57. The second kappa shape index (κ2) is 7.55. The third kappa shape index (κ3) is 3.75. The number of fused-ring (bicyclic) bond motifs is 1. The molecule has 2 aromatic heterocycles. The number of halogens is 3. The molecule has 0 N–H and O–H groups in total. The Morgan fingerprint density at radius 2 is 1.90 bits per heavy atom. The Labute approximate surface area is 179 Å². The Kier molecular flexibility index (Phi) is 5.08. The van der Waals surface area contributed by atoms with Crippen LogP contribution in [0.4, 0.5) is 13.2 Å². The van der Waals surface area contributed by atoms with Gasteiger partial charge in [-0.1, -0.05) is 0 Å². The van der Waals surface area contributed by atoms with Crippen LogP contribution in [0, 0.1) is 11.8 Å². The average molecular weight is 435 g/mol. The maximum atomic E-state index is 13.0. The number of nitrogens with zero attached hydrogens (tertiary/aromatic N) is 5. The molecule has 3 fully saturated rings. The predicted octanol–water partition coefficient (Wildman–Crippen LogP) is 4.15. The molecule has 1 saturated heterocycles. The van der Waals surface area contributed by atoms with Gasteiger partial charge in [0.15, 0.2) is 0 Å². The van der Waals surface area contributed by atoms with Gasteiger partial charge in [0.2, 0.25) is 5.82 Å². The van der Waals surface area contributed by atoms with Crippen molar-refractivity contribution < 1.29 is 17.9 Å². The van der Waals surface area contributed by atoms with Crippen LogP contribution in [-0.2, 0) is 10.9 Å². The van der Waals surface area contributed by atoms with Crippen LogP contribution in [0.2, 0.25) is 0 Å². The van der Waals surface area contributed by atoms with Crippen molar-refractivity contribution in [2.45, 2.75) is 63.8 Å². The average Bonchev–Trinajstić information content (AvgIpc) is 3.09. The largest absolute Gasteiger partial charge is 0.451 e. The highest BCUT2D eigenvalue weighted by Gasteiger charge is 2.59. The normalized spacial score (nSPS) is 31.3. The van der Waals surface area contributed by atoms with Gasteiger partial charge in [0, 0.05) is 42.5 Å². The Morgan fingerprint density at radius 1 is 1.16 bits per heavy atom. The van der Waals surface area contributed by atoms with Gasteiger partial charge in [-0.15, -0.1) is 0 Å². The van der Waals surface area contributed by atoms with Crippen molar-refractivity contribution in [3.63, 3.8) is 0 Å². The first-order chi connectivity index (χ1) is 14.7. The molecule has 0 bridgehead atoms. The third-order valence-corrected chi connectivity index (χ3v) is 7.07. The lowest BCUT2D eigenvalue weighted by molar-refractivity contribution is -0.144. The zero-order valence-electron chi connectivity index (χ0n) is 18.0. The van der Waals surface area contributed by atoms with E-state index in [0.29, 0.717) is 35.5 Å². The summed E-state index contributed by atoms with van der Waals surface area (Å²) < 4.78 is 46.7. The number of aromatic nitrogens is 4. The smallest absolute Gasteiger partial charge is 0.379 e. The minimum Gasteiger partial charge on any atom is -0.379 e. The van der Waals surface area contributed by atoms with Crippen LogP contribution in [0.25, 0.3) is 11.4 Å². The van der Waals surface area contributed by atoms with Crippen molar-refractivity contribution in [3.05, 3.63) is 29.8 Å². The van der Waals surface area contributed by atoms with E-state index in [2.05, 4.69) is 40.7 Å². The van der Waals surface area contributed by atoms with Crippen molar-refractivity contribution in [2.24, 2.45) is 11.8 Å². The Bertz CT molecular complexity index is 947. The van der Waals surface area contributed by atoms with E-state index in [1.165, 1.54) is 18.9 Å². The molecular weight excluding hydrogens is 407 g/mol. The highest BCUT2D eigenvalue weighted by molar-refractivity contribution is 5.55. The topological polar surface area (TPSA) is 56.1 Å². The molecule has 0 spiro atoms. The van der Waals surface area contributed by atoms with Gasteiger partial charge >= 0.3 is 6.18 Å². The van der Waals surface area contributed by atoms with E-state index < -0.39 is 12.0 Å². The molecule has 1 aliphatic heterocycles. The van der Waals surface area contributed by atoms with Crippen LogP contribution in [0.3, 0.4) is 0 Å². The van der Waals surface area contributed by atoms with Crippen LogP contribution >= 0.6 is 0 Å². The molecule has 3 heterocycles. The fourth-order valence-corrected chi connectivity index (χ4v) is 5.64. The second-order valence-corrected chi connectivity index (χ2v) is 9.40. The van der Waals surface area contributed by atoms with Gasteiger partial charge in [-0.25, -0.2) is 9.97 Å². The molecule has 0 aromatic carbocycles. The van der Waals surface area contributed by atoms with E-state index >= 15 is 0 Å². The van der Waals surface area contributed by atoms with Gasteiger partial charge in [-0.05, 0) is 57.6 Å². The van der Waals surface area contributed by atoms with Crippen molar-refractivity contribution in [1.82, 2.24) is 24.6 Å². The Hall–Kier alpha value is -2.00. The number of rotatable bonds is 4. The summed E-state index contributed by atoms with van der Waals surface area (Å²) in [5.41, 5.74) is 1.83. The Balaban J connectivity index is 1.37. The minimum absolute atomic E-state index is 0.129.